The number of hydrogen-bond donors (Lipinski definition) is 1. The maximum Gasteiger partial charge on any atom is 0.209 e. The Kier molecular flexibility index (Phi) is 5.16. The highest BCUT2D eigenvalue weighted by Gasteiger charge is 2.07. The molecule has 1 N–H and O–H groups in total. The van der Waals surface area contributed by atoms with Gasteiger partial charge in [0.05, 0.1) is 18.9 Å². The third-order valence-corrected chi connectivity index (χ3v) is 3.78. The van der Waals surface area contributed by atoms with Crippen molar-refractivity contribution in [3.63, 3.8) is 0 Å². The van der Waals surface area contributed by atoms with E-state index in [1.54, 1.807) is 0 Å². The summed E-state index contributed by atoms with van der Waals surface area (Å²) >= 11 is 1.39. The van der Waals surface area contributed by atoms with Crippen LogP contribution in [-0.2, 0) is 16.4 Å². The first-order chi connectivity index (χ1) is 7.53. The number of hydrogen-bond acceptors (Lipinski definition) is 7. The molecule has 1 aromatic rings. The number of nitrogens with zero attached hydrogens (tertiary/aromatic N) is 4. The summed E-state index contributed by atoms with van der Waals surface area (Å²) in [5.74, 6) is 0.806. The molecule has 0 aliphatic rings. The SMILES string of the molecule is CS(=O)(=O)CCCSc1nnnn1CCO. The van der Waals surface area contributed by atoms with E-state index in [1.807, 2.05) is 0 Å². The maximum atomic E-state index is 10.9. The normalized spacial score (nSPS) is 11.9. The Morgan fingerprint density at radius 2 is 2.25 bits per heavy atom. The van der Waals surface area contributed by atoms with Gasteiger partial charge in [0.2, 0.25) is 5.16 Å². The van der Waals surface area contributed by atoms with Crippen molar-refractivity contribution < 1.29 is 13.5 Å². The van der Waals surface area contributed by atoms with Crippen LogP contribution in [0.1, 0.15) is 6.42 Å². The topological polar surface area (TPSA) is 98.0 Å². The first-order valence-corrected chi connectivity index (χ1v) is 7.75. The summed E-state index contributed by atoms with van der Waals surface area (Å²) in [4.78, 5) is 0. The molecule has 0 saturated heterocycles. The predicted molar refractivity (Wildman–Crippen MR) is 60.0 cm³/mol. The first-order valence-electron chi connectivity index (χ1n) is 4.70. The van der Waals surface area contributed by atoms with Crippen molar-refractivity contribution in [1.82, 2.24) is 20.2 Å². The minimum absolute atomic E-state index is 0.0259. The fourth-order valence-corrected chi connectivity index (χ4v) is 2.71. The molecule has 16 heavy (non-hydrogen) atoms. The molecule has 0 radical (unpaired) electrons. The van der Waals surface area contributed by atoms with Crippen molar-refractivity contribution in [2.75, 3.05) is 24.4 Å². The lowest BCUT2D eigenvalue weighted by Gasteiger charge is -2.01. The number of rotatable bonds is 7. The highest BCUT2D eigenvalue weighted by molar-refractivity contribution is 7.99. The standard InChI is InChI=1S/C7H14N4O3S2/c1-16(13,14)6-2-5-15-7-8-9-10-11(7)3-4-12/h12H,2-6H2,1H3. The van der Waals surface area contributed by atoms with Gasteiger partial charge in [-0.25, -0.2) is 13.1 Å². The monoisotopic (exact) mass is 266 g/mol. The zero-order valence-electron chi connectivity index (χ0n) is 8.90. The Morgan fingerprint density at radius 1 is 1.50 bits per heavy atom. The molecule has 9 heteroatoms. The zero-order chi connectivity index (χ0) is 12.0. The van der Waals surface area contributed by atoms with Gasteiger partial charge < -0.3 is 5.11 Å². The number of aliphatic hydroxyl groups excluding tert-OH is 1. The van der Waals surface area contributed by atoms with Crippen LogP contribution in [0.2, 0.25) is 0 Å². The molecule has 0 amide bonds. The van der Waals surface area contributed by atoms with Crippen LogP contribution in [0, 0.1) is 0 Å². The van der Waals surface area contributed by atoms with Crippen LogP contribution in [0.15, 0.2) is 5.16 Å². The lowest BCUT2D eigenvalue weighted by atomic mass is 10.6. The summed E-state index contributed by atoms with van der Waals surface area (Å²) in [5.41, 5.74) is 0. The fraction of sp³-hybridized carbons (Fsp3) is 0.857. The van der Waals surface area contributed by atoms with Crippen molar-refractivity contribution in [3.05, 3.63) is 0 Å². The molecular weight excluding hydrogens is 252 g/mol. The van der Waals surface area contributed by atoms with Crippen molar-refractivity contribution in [2.45, 2.75) is 18.1 Å². The second-order valence-electron chi connectivity index (χ2n) is 3.24. The van der Waals surface area contributed by atoms with E-state index in [0.717, 1.165) is 0 Å². The average molecular weight is 266 g/mol. The number of tetrazole rings is 1. The van der Waals surface area contributed by atoms with Crippen molar-refractivity contribution in [2.24, 2.45) is 0 Å². The van der Waals surface area contributed by atoms with E-state index in [2.05, 4.69) is 15.5 Å². The second kappa shape index (κ2) is 6.16. The van der Waals surface area contributed by atoms with Gasteiger partial charge in [-0.15, -0.1) is 5.10 Å². The van der Waals surface area contributed by atoms with Gasteiger partial charge in [-0.2, -0.15) is 0 Å². The zero-order valence-corrected chi connectivity index (χ0v) is 10.5. The van der Waals surface area contributed by atoms with E-state index >= 15 is 0 Å². The predicted octanol–water partition coefficient (Wildman–Crippen LogP) is -0.808. The molecule has 92 valence electrons. The van der Waals surface area contributed by atoms with Crippen LogP contribution < -0.4 is 0 Å². The minimum Gasteiger partial charge on any atom is -0.394 e. The molecule has 0 unspecified atom stereocenters. The van der Waals surface area contributed by atoms with Gasteiger partial charge in [-0.05, 0) is 16.8 Å². The molecule has 1 heterocycles. The molecule has 1 aromatic heterocycles. The quantitative estimate of drug-likeness (QED) is 0.509. The number of aliphatic hydroxyl groups is 1. The van der Waals surface area contributed by atoms with E-state index < -0.39 is 9.84 Å². The molecule has 0 aliphatic heterocycles. The number of aromatic nitrogens is 4. The van der Waals surface area contributed by atoms with Gasteiger partial charge in [0, 0.05) is 12.0 Å². The summed E-state index contributed by atoms with van der Waals surface area (Å²) in [6.07, 6.45) is 1.78. The third kappa shape index (κ3) is 4.90. The second-order valence-corrected chi connectivity index (χ2v) is 6.56. The Hall–Kier alpha value is -0.670. The van der Waals surface area contributed by atoms with Gasteiger partial charge in [0.25, 0.3) is 0 Å². The van der Waals surface area contributed by atoms with Crippen LogP contribution in [0.5, 0.6) is 0 Å². The van der Waals surface area contributed by atoms with Gasteiger partial charge in [0.15, 0.2) is 0 Å². The smallest absolute Gasteiger partial charge is 0.209 e. The largest absolute Gasteiger partial charge is 0.394 e. The molecule has 0 fully saturated rings. The van der Waals surface area contributed by atoms with E-state index in [4.69, 9.17) is 5.11 Å². The lowest BCUT2D eigenvalue weighted by molar-refractivity contribution is 0.262. The van der Waals surface area contributed by atoms with Gasteiger partial charge in [-0.1, -0.05) is 11.8 Å². The van der Waals surface area contributed by atoms with Gasteiger partial charge in [0.1, 0.15) is 9.84 Å². The van der Waals surface area contributed by atoms with E-state index in [1.165, 1.54) is 22.7 Å². The molecular formula is C7H14N4O3S2. The summed E-state index contributed by atoms with van der Waals surface area (Å²) in [5, 5.41) is 20.3. The van der Waals surface area contributed by atoms with E-state index in [0.29, 0.717) is 23.9 Å². The average Bonchev–Trinajstić information content (AvgIpc) is 2.60. The van der Waals surface area contributed by atoms with Crippen molar-refractivity contribution in [1.29, 1.82) is 0 Å². The van der Waals surface area contributed by atoms with Crippen molar-refractivity contribution >= 4 is 21.6 Å². The molecule has 0 spiro atoms. The minimum atomic E-state index is -2.90. The highest BCUT2D eigenvalue weighted by atomic mass is 32.2. The van der Waals surface area contributed by atoms with E-state index in [9.17, 15) is 8.42 Å². The number of thioether (sulfide) groups is 1. The molecule has 0 bridgehead atoms. The lowest BCUT2D eigenvalue weighted by Crippen LogP contribution is -2.07. The van der Waals surface area contributed by atoms with Crippen LogP contribution >= 0.6 is 11.8 Å². The van der Waals surface area contributed by atoms with Gasteiger partial charge in [-0.3, -0.25) is 0 Å². The summed E-state index contributed by atoms with van der Waals surface area (Å²) < 4.78 is 23.2. The summed E-state index contributed by atoms with van der Waals surface area (Å²) in [6.45, 7) is 0.323. The Balaban J connectivity index is 2.34. The van der Waals surface area contributed by atoms with Crippen molar-refractivity contribution in [3.8, 4) is 0 Å². The summed E-state index contributed by atoms with van der Waals surface area (Å²) in [6, 6.07) is 0. The highest BCUT2D eigenvalue weighted by Crippen LogP contribution is 2.14. The molecule has 7 nitrogen and oxygen atoms in total. The number of sulfone groups is 1. The Bertz CT molecular complexity index is 417. The molecule has 0 atom stereocenters. The molecule has 0 saturated carbocycles. The Morgan fingerprint density at radius 3 is 2.88 bits per heavy atom. The van der Waals surface area contributed by atoms with Crippen LogP contribution in [0.4, 0.5) is 0 Å². The fourth-order valence-electron chi connectivity index (χ4n) is 1.02. The third-order valence-electron chi connectivity index (χ3n) is 1.70. The molecule has 1 rings (SSSR count). The maximum absolute atomic E-state index is 10.9. The van der Waals surface area contributed by atoms with Gasteiger partial charge >= 0.3 is 0 Å². The first kappa shape index (κ1) is 13.4. The summed E-state index contributed by atoms with van der Waals surface area (Å²) in [7, 11) is -2.90. The Labute approximate surface area is 98.1 Å². The van der Waals surface area contributed by atoms with Crippen LogP contribution in [0.25, 0.3) is 0 Å². The van der Waals surface area contributed by atoms with Crippen LogP contribution in [0.3, 0.4) is 0 Å². The molecule has 0 aliphatic carbocycles. The van der Waals surface area contributed by atoms with Crippen LogP contribution in [-0.4, -0.2) is 58.1 Å². The molecule has 0 aromatic carbocycles. The van der Waals surface area contributed by atoms with E-state index in [-0.39, 0.29) is 12.4 Å².